The number of carbonyl (C=O) groups excluding carboxylic acids is 2. The van der Waals surface area contributed by atoms with Crippen LogP contribution in [0.2, 0.25) is 0 Å². The van der Waals surface area contributed by atoms with Crippen molar-refractivity contribution >= 4 is 12.2 Å². The molecule has 0 aromatic rings. The highest BCUT2D eigenvalue weighted by Gasteiger charge is 2.14. The lowest BCUT2D eigenvalue weighted by atomic mass is 10.1. The Balaban J connectivity index is 0. The minimum absolute atomic E-state index is 0.0324. The Morgan fingerprint density at radius 1 is 1.31 bits per heavy atom. The van der Waals surface area contributed by atoms with Gasteiger partial charge in [-0.1, -0.05) is 27.7 Å². The molecule has 0 heterocycles. The Morgan fingerprint density at radius 2 is 1.81 bits per heavy atom. The maximum absolute atomic E-state index is 11.1. The van der Waals surface area contributed by atoms with Crippen molar-refractivity contribution in [3.8, 4) is 0 Å². The third-order valence-electron chi connectivity index (χ3n) is 2.49. The van der Waals surface area contributed by atoms with Crippen molar-refractivity contribution in [1.29, 1.82) is 0 Å². The van der Waals surface area contributed by atoms with Crippen LogP contribution in [0.15, 0.2) is 0 Å². The molecule has 0 saturated heterocycles. The van der Waals surface area contributed by atoms with Crippen LogP contribution < -0.4 is 0 Å². The summed E-state index contributed by atoms with van der Waals surface area (Å²) in [7, 11) is 3.11. The van der Waals surface area contributed by atoms with Gasteiger partial charge in [-0.25, -0.2) is 5.06 Å². The van der Waals surface area contributed by atoms with E-state index in [0.717, 1.165) is 19.1 Å². The van der Waals surface area contributed by atoms with Gasteiger partial charge in [0.1, 0.15) is 6.29 Å². The van der Waals surface area contributed by atoms with E-state index in [9.17, 15) is 9.59 Å². The van der Waals surface area contributed by atoms with Crippen LogP contribution in [0, 0.1) is 11.8 Å². The Hall–Kier alpha value is -0.900. The predicted octanol–water partition coefficient (Wildman–Crippen LogP) is 2.28. The van der Waals surface area contributed by atoms with E-state index in [2.05, 4.69) is 0 Å². The van der Waals surface area contributed by atoms with E-state index in [1.54, 1.807) is 7.05 Å². The van der Waals surface area contributed by atoms with Crippen LogP contribution in [-0.4, -0.2) is 31.4 Å². The van der Waals surface area contributed by atoms with Crippen LogP contribution in [0.4, 0.5) is 0 Å². The summed E-state index contributed by atoms with van der Waals surface area (Å²) < 4.78 is 0. The zero-order valence-corrected chi connectivity index (χ0v) is 11.3. The molecule has 1 amide bonds. The highest BCUT2D eigenvalue weighted by molar-refractivity contribution is 5.77. The lowest BCUT2D eigenvalue weighted by Gasteiger charge is -2.16. The second-order valence-corrected chi connectivity index (χ2v) is 3.85. The fourth-order valence-corrected chi connectivity index (χ4v) is 0.671. The lowest BCUT2D eigenvalue weighted by molar-refractivity contribution is -0.172. The van der Waals surface area contributed by atoms with Crippen molar-refractivity contribution in [2.24, 2.45) is 11.8 Å². The first-order chi connectivity index (χ1) is 7.44. The molecule has 0 unspecified atom stereocenters. The summed E-state index contributed by atoms with van der Waals surface area (Å²) in [6, 6.07) is 0. The Morgan fingerprint density at radius 3 is 2.00 bits per heavy atom. The first kappa shape index (κ1) is 17.5. The zero-order valence-electron chi connectivity index (χ0n) is 11.3. The van der Waals surface area contributed by atoms with Crippen molar-refractivity contribution in [3.05, 3.63) is 0 Å². The van der Waals surface area contributed by atoms with E-state index in [0.29, 0.717) is 0 Å². The smallest absolute Gasteiger partial charge is 0.248 e. The molecule has 16 heavy (non-hydrogen) atoms. The van der Waals surface area contributed by atoms with Crippen LogP contribution in [0.1, 0.15) is 40.5 Å². The number of hydrogen-bond acceptors (Lipinski definition) is 3. The average Bonchev–Trinajstić information content (AvgIpc) is 2.35. The molecule has 4 nitrogen and oxygen atoms in total. The number of hydroxylamine groups is 2. The number of amides is 1. The molecule has 0 aromatic heterocycles. The van der Waals surface area contributed by atoms with Gasteiger partial charge >= 0.3 is 0 Å². The van der Waals surface area contributed by atoms with Crippen LogP contribution in [-0.2, 0) is 14.4 Å². The monoisotopic (exact) mass is 231 g/mol. The normalized spacial score (nSPS) is 13.1. The van der Waals surface area contributed by atoms with Gasteiger partial charge in [-0.2, -0.15) is 0 Å². The van der Waals surface area contributed by atoms with Gasteiger partial charge in [0.25, 0.3) is 0 Å². The third kappa shape index (κ3) is 8.41. The molecule has 0 aliphatic heterocycles. The fourth-order valence-electron chi connectivity index (χ4n) is 0.671. The standard InChI is InChI=1S/C7H15NO2.C5H10O/c1-5-6(2)7(9)8(3)10-4;1-3-5(2)4-6/h6H,5H2,1-4H3;4-5H,3H2,1-2H3/t6-;5-/m00/s1. The van der Waals surface area contributed by atoms with Gasteiger partial charge in [0.15, 0.2) is 0 Å². The molecule has 0 fully saturated rings. The Labute approximate surface area is 98.9 Å². The van der Waals surface area contributed by atoms with E-state index in [-0.39, 0.29) is 17.7 Å². The molecule has 2 atom stereocenters. The molecule has 0 aliphatic carbocycles. The molecular formula is C12H25NO3. The molecule has 0 aliphatic rings. The maximum Gasteiger partial charge on any atom is 0.248 e. The van der Waals surface area contributed by atoms with Gasteiger partial charge in [-0.15, -0.1) is 0 Å². The van der Waals surface area contributed by atoms with Gasteiger partial charge in [-0.05, 0) is 12.8 Å². The van der Waals surface area contributed by atoms with Crippen LogP contribution in [0.25, 0.3) is 0 Å². The Kier molecular flexibility index (Phi) is 11.6. The third-order valence-corrected chi connectivity index (χ3v) is 2.49. The molecule has 0 saturated carbocycles. The first-order valence-electron chi connectivity index (χ1n) is 5.71. The summed E-state index contributed by atoms with van der Waals surface area (Å²) in [5, 5.41) is 1.26. The van der Waals surface area contributed by atoms with E-state index >= 15 is 0 Å². The van der Waals surface area contributed by atoms with Gasteiger partial charge in [0.05, 0.1) is 7.11 Å². The SMILES string of the molecule is CC[C@H](C)C(=O)N(C)OC.CC[C@H](C)C=O. The molecule has 0 rings (SSSR count). The van der Waals surface area contributed by atoms with E-state index in [4.69, 9.17) is 4.84 Å². The number of rotatable bonds is 5. The molecule has 0 N–H and O–H groups in total. The fraction of sp³-hybridized carbons (Fsp3) is 0.833. The number of carbonyl (C=O) groups is 2. The summed E-state index contributed by atoms with van der Waals surface area (Å²) in [6.45, 7) is 7.77. The van der Waals surface area contributed by atoms with Crippen molar-refractivity contribution in [2.45, 2.75) is 40.5 Å². The van der Waals surface area contributed by atoms with Crippen molar-refractivity contribution in [2.75, 3.05) is 14.2 Å². The molecule has 0 bridgehead atoms. The van der Waals surface area contributed by atoms with Gasteiger partial charge in [-0.3, -0.25) is 9.63 Å². The van der Waals surface area contributed by atoms with Crippen LogP contribution in [0.3, 0.4) is 0 Å². The zero-order chi connectivity index (χ0) is 13.1. The molecular weight excluding hydrogens is 206 g/mol. The summed E-state index contributed by atoms with van der Waals surface area (Å²) in [6.07, 6.45) is 2.79. The average molecular weight is 231 g/mol. The minimum Gasteiger partial charge on any atom is -0.303 e. The van der Waals surface area contributed by atoms with Crippen molar-refractivity contribution in [1.82, 2.24) is 5.06 Å². The lowest BCUT2D eigenvalue weighted by Crippen LogP contribution is -2.30. The molecule has 0 radical (unpaired) electrons. The number of nitrogens with zero attached hydrogens (tertiary/aromatic N) is 1. The highest BCUT2D eigenvalue weighted by Crippen LogP contribution is 2.04. The van der Waals surface area contributed by atoms with Crippen molar-refractivity contribution < 1.29 is 14.4 Å². The van der Waals surface area contributed by atoms with Gasteiger partial charge in [0.2, 0.25) is 5.91 Å². The van der Waals surface area contributed by atoms with E-state index in [1.807, 2.05) is 27.7 Å². The highest BCUT2D eigenvalue weighted by atomic mass is 16.7. The van der Waals surface area contributed by atoms with Crippen LogP contribution in [0.5, 0.6) is 0 Å². The maximum atomic E-state index is 11.1. The predicted molar refractivity (Wildman–Crippen MR) is 64.8 cm³/mol. The first-order valence-corrected chi connectivity index (χ1v) is 5.71. The molecule has 0 aromatic carbocycles. The second kappa shape index (κ2) is 10.6. The Bertz CT molecular complexity index is 183. The molecule has 4 heteroatoms. The number of aldehydes is 1. The number of hydrogen-bond donors (Lipinski definition) is 0. The summed E-state index contributed by atoms with van der Waals surface area (Å²) in [5.74, 6) is 0.347. The summed E-state index contributed by atoms with van der Waals surface area (Å²) in [5.41, 5.74) is 0. The molecule has 96 valence electrons. The largest absolute Gasteiger partial charge is 0.303 e. The van der Waals surface area contributed by atoms with Gasteiger partial charge < -0.3 is 4.79 Å². The van der Waals surface area contributed by atoms with Gasteiger partial charge in [0, 0.05) is 18.9 Å². The minimum atomic E-state index is 0.0324. The second-order valence-electron chi connectivity index (χ2n) is 3.85. The molecule has 0 spiro atoms. The van der Waals surface area contributed by atoms with E-state index < -0.39 is 0 Å². The van der Waals surface area contributed by atoms with Crippen molar-refractivity contribution in [3.63, 3.8) is 0 Å². The quantitative estimate of drug-likeness (QED) is 0.538. The topological polar surface area (TPSA) is 46.6 Å². The summed E-state index contributed by atoms with van der Waals surface area (Å²) >= 11 is 0. The van der Waals surface area contributed by atoms with E-state index in [1.165, 1.54) is 12.2 Å². The summed E-state index contributed by atoms with van der Waals surface area (Å²) in [4.78, 5) is 25.6. The van der Waals surface area contributed by atoms with Crippen LogP contribution >= 0.6 is 0 Å².